The Morgan fingerprint density at radius 2 is 1.75 bits per heavy atom. The Bertz CT molecular complexity index is 1130. The molecule has 2 heterocycles. The van der Waals surface area contributed by atoms with Crippen molar-refractivity contribution in [3.8, 4) is 0 Å². The van der Waals surface area contributed by atoms with Crippen molar-refractivity contribution in [1.29, 1.82) is 0 Å². The first kappa shape index (κ1) is 24.9. The number of hydrogen-bond acceptors (Lipinski definition) is 5. The zero-order valence-corrected chi connectivity index (χ0v) is 21.8. The van der Waals surface area contributed by atoms with Crippen molar-refractivity contribution in [2.45, 2.75) is 74.1 Å². The highest BCUT2D eigenvalue weighted by Gasteiger charge is 2.27. The minimum absolute atomic E-state index is 0.0469. The van der Waals surface area contributed by atoms with Crippen molar-refractivity contribution >= 4 is 35.2 Å². The molecule has 1 saturated carbocycles. The Hall–Kier alpha value is -2.80. The van der Waals surface area contributed by atoms with Gasteiger partial charge in [-0.15, -0.1) is 0 Å². The summed E-state index contributed by atoms with van der Waals surface area (Å²) >= 11 is 1.74. The van der Waals surface area contributed by atoms with E-state index in [1.54, 1.807) is 16.7 Å². The number of aliphatic imine (C=N–C) groups is 1. The molecule has 0 bridgehead atoms. The van der Waals surface area contributed by atoms with Crippen LogP contribution in [0.5, 0.6) is 0 Å². The number of benzene rings is 2. The summed E-state index contributed by atoms with van der Waals surface area (Å²) in [6.45, 7) is 3.38. The zero-order chi connectivity index (χ0) is 24.9. The van der Waals surface area contributed by atoms with Gasteiger partial charge in [0.2, 0.25) is 0 Å². The van der Waals surface area contributed by atoms with Gasteiger partial charge in [-0.3, -0.25) is 9.79 Å². The third kappa shape index (κ3) is 5.61. The van der Waals surface area contributed by atoms with Crippen molar-refractivity contribution in [2.75, 3.05) is 19.7 Å². The highest BCUT2D eigenvalue weighted by Crippen LogP contribution is 2.43. The molecule has 1 aliphatic carbocycles. The molecule has 190 valence electrons. The number of hydrogen-bond donors (Lipinski definition) is 1. The van der Waals surface area contributed by atoms with Crippen LogP contribution in [-0.2, 0) is 4.74 Å². The fourth-order valence-electron chi connectivity index (χ4n) is 5.46. The van der Waals surface area contributed by atoms with Crippen LogP contribution in [0, 0.1) is 5.92 Å². The average Bonchev–Trinajstić information content (AvgIpc) is 3.26. The van der Waals surface area contributed by atoms with Gasteiger partial charge in [-0.05, 0) is 56.9 Å². The molecular weight excluding hydrogens is 470 g/mol. The summed E-state index contributed by atoms with van der Waals surface area (Å²) in [4.78, 5) is 34.4. The highest BCUT2D eigenvalue weighted by atomic mass is 32.2. The van der Waals surface area contributed by atoms with E-state index in [9.17, 15) is 9.59 Å². The number of likely N-dealkylation sites (tertiary alicyclic amines) is 1. The molecule has 2 aromatic rings. The van der Waals surface area contributed by atoms with E-state index in [2.05, 4.69) is 29.6 Å². The normalized spacial score (nSPS) is 18.8. The molecular formula is C29H35N3O3S. The SMILES string of the molecule is CCOC(=O)N1CCC(NC(=O)c2ccc3c(c2)N=C(C2CCCCCC2)c2ccccc2S3)CC1. The number of nitrogens with one attached hydrogen (secondary N) is 1. The molecule has 0 unspecified atom stereocenters. The van der Waals surface area contributed by atoms with Gasteiger partial charge < -0.3 is 15.0 Å². The summed E-state index contributed by atoms with van der Waals surface area (Å²) in [6.07, 6.45) is 8.66. The topological polar surface area (TPSA) is 71.0 Å². The lowest BCUT2D eigenvalue weighted by molar-refractivity contribution is 0.0860. The second-order valence-corrected chi connectivity index (χ2v) is 11.0. The van der Waals surface area contributed by atoms with E-state index in [-0.39, 0.29) is 18.0 Å². The van der Waals surface area contributed by atoms with Crippen LogP contribution in [-0.4, -0.2) is 48.4 Å². The average molecular weight is 506 g/mol. The van der Waals surface area contributed by atoms with E-state index in [0.29, 0.717) is 31.2 Å². The predicted molar refractivity (Wildman–Crippen MR) is 143 cm³/mol. The molecule has 0 aromatic heterocycles. The number of fused-ring (bicyclic) bond motifs is 2. The zero-order valence-electron chi connectivity index (χ0n) is 21.0. The monoisotopic (exact) mass is 505 g/mol. The van der Waals surface area contributed by atoms with Crippen LogP contribution in [0.2, 0.25) is 0 Å². The van der Waals surface area contributed by atoms with Crippen LogP contribution in [0.1, 0.15) is 74.2 Å². The third-order valence-electron chi connectivity index (χ3n) is 7.44. The van der Waals surface area contributed by atoms with Crippen LogP contribution in [0.25, 0.3) is 0 Å². The van der Waals surface area contributed by atoms with Crippen LogP contribution in [0.15, 0.2) is 57.2 Å². The summed E-state index contributed by atoms with van der Waals surface area (Å²) in [7, 11) is 0. The number of rotatable bonds is 4. The molecule has 2 amide bonds. The van der Waals surface area contributed by atoms with Gasteiger partial charge in [-0.2, -0.15) is 0 Å². The van der Waals surface area contributed by atoms with Gasteiger partial charge in [0.05, 0.1) is 18.0 Å². The van der Waals surface area contributed by atoms with E-state index in [1.165, 1.54) is 54.7 Å². The Morgan fingerprint density at radius 1 is 1.00 bits per heavy atom. The molecule has 2 aliphatic heterocycles. The summed E-state index contributed by atoms with van der Waals surface area (Å²) in [5, 5.41) is 3.18. The second-order valence-electron chi connectivity index (χ2n) is 9.90. The van der Waals surface area contributed by atoms with Crippen LogP contribution in [0.4, 0.5) is 10.5 Å². The molecule has 5 rings (SSSR count). The summed E-state index contributed by atoms with van der Waals surface area (Å²) in [5.74, 6) is 0.382. The Morgan fingerprint density at radius 3 is 2.50 bits per heavy atom. The summed E-state index contributed by atoms with van der Waals surface area (Å²) in [6, 6.07) is 14.5. The largest absolute Gasteiger partial charge is 0.450 e. The van der Waals surface area contributed by atoms with Gasteiger partial charge in [0, 0.05) is 46.0 Å². The summed E-state index contributed by atoms with van der Waals surface area (Å²) in [5.41, 5.74) is 3.95. The van der Waals surface area contributed by atoms with Gasteiger partial charge in [-0.1, -0.05) is 55.6 Å². The first-order chi connectivity index (χ1) is 17.6. The molecule has 0 atom stereocenters. The lowest BCUT2D eigenvalue weighted by Crippen LogP contribution is -2.46. The lowest BCUT2D eigenvalue weighted by Gasteiger charge is -2.31. The quantitative estimate of drug-likeness (QED) is 0.476. The smallest absolute Gasteiger partial charge is 0.409 e. The van der Waals surface area contributed by atoms with Gasteiger partial charge >= 0.3 is 6.09 Å². The van der Waals surface area contributed by atoms with E-state index >= 15 is 0 Å². The number of nitrogens with zero attached hydrogens (tertiary/aromatic N) is 2. The number of carbonyl (C=O) groups excluding carboxylic acids is 2. The first-order valence-corrected chi connectivity index (χ1v) is 14.2. The number of amides is 2. The van der Waals surface area contributed by atoms with Gasteiger partial charge in [-0.25, -0.2) is 4.79 Å². The van der Waals surface area contributed by atoms with E-state index in [1.807, 2.05) is 25.1 Å². The van der Waals surface area contributed by atoms with Crippen molar-refractivity contribution < 1.29 is 14.3 Å². The molecule has 0 spiro atoms. The van der Waals surface area contributed by atoms with Crippen molar-refractivity contribution in [3.05, 3.63) is 53.6 Å². The third-order valence-corrected chi connectivity index (χ3v) is 8.58. The van der Waals surface area contributed by atoms with Gasteiger partial charge in [0.15, 0.2) is 0 Å². The lowest BCUT2D eigenvalue weighted by atomic mass is 9.90. The van der Waals surface area contributed by atoms with E-state index in [0.717, 1.165) is 23.4 Å². The highest BCUT2D eigenvalue weighted by molar-refractivity contribution is 7.99. The van der Waals surface area contributed by atoms with Crippen molar-refractivity contribution in [3.63, 3.8) is 0 Å². The minimum Gasteiger partial charge on any atom is -0.450 e. The maximum absolute atomic E-state index is 13.2. The van der Waals surface area contributed by atoms with Gasteiger partial charge in [0.25, 0.3) is 5.91 Å². The van der Waals surface area contributed by atoms with E-state index in [4.69, 9.17) is 9.73 Å². The fourth-order valence-corrected chi connectivity index (χ4v) is 6.47. The molecule has 2 aromatic carbocycles. The van der Waals surface area contributed by atoms with Crippen LogP contribution < -0.4 is 5.32 Å². The standard InChI is InChI=1S/C29H35N3O3S/c1-2-35-29(34)32-17-15-22(16-18-32)30-28(33)21-13-14-26-24(19-21)31-27(20-9-5-3-4-6-10-20)23-11-7-8-12-25(23)36-26/h7-8,11-14,19-20,22H,2-6,9-10,15-18H2,1H3,(H,30,33). The molecule has 7 heteroatoms. The Labute approximate surface area is 217 Å². The second kappa shape index (κ2) is 11.5. The van der Waals surface area contributed by atoms with Crippen LogP contribution >= 0.6 is 11.8 Å². The van der Waals surface area contributed by atoms with Crippen molar-refractivity contribution in [1.82, 2.24) is 10.2 Å². The van der Waals surface area contributed by atoms with E-state index < -0.39 is 0 Å². The molecule has 6 nitrogen and oxygen atoms in total. The first-order valence-electron chi connectivity index (χ1n) is 13.3. The molecule has 1 saturated heterocycles. The minimum atomic E-state index is -0.270. The molecule has 1 N–H and O–H groups in total. The number of piperidine rings is 1. The number of carbonyl (C=O) groups is 2. The Balaban J connectivity index is 1.34. The van der Waals surface area contributed by atoms with Crippen LogP contribution in [0.3, 0.4) is 0 Å². The predicted octanol–water partition coefficient (Wildman–Crippen LogP) is 6.59. The number of ether oxygens (including phenoxy) is 1. The maximum Gasteiger partial charge on any atom is 0.409 e. The molecule has 36 heavy (non-hydrogen) atoms. The fraction of sp³-hybridized carbons (Fsp3) is 0.483. The Kier molecular flexibility index (Phi) is 7.95. The van der Waals surface area contributed by atoms with Crippen molar-refractivity contribution in [2.24, 2.45) is 10.9 Å². The summed E-state index contributed by atoms with van der Waals surface area (Å²) < 4.78 is 5.10. The molecule has 3 aliphatic rings. The molecule has 2 fully saturated rings. The van der Waals surface area contributed by atoms with Gasteiger partial charge in [0.1, 0.15) is 0 Å². The molecule has 0 radical (unpaired) electrons. The maximum atomic E-state index is 13.2.